The lowest BCUT2D eigenvalue weighted by Gasteiger charge is -2.08. The molecule has 16 heteroatoms. The van der Waals surface area contributed by atoms with E-state index in [-0.39, 0.29) is 29.1 Å². The molecule has 10 nitrogen and oxygen atoms in total. The molecule has 3 N–H and O–H groups in total. The number of rotatable bonds is 9. The van der Waals surface area contributed by atoms with Crippen molar-refractivity contribution in [2.24, 2.45) is 10.7 Å². The van der Waals surface area contributed by atoms with Gasteiger partial charge in [0.05, 0.1) is 25.5 Å². The van der Waals surface area contributed by atoms with Crippen molar-refractivity contribution in [1.29, 1.82) is 0 Å². The molecule has 0 bridgehead atoms. The number of carboxylic acids is 1. The van der Waals surface area contributed by atoms with Gasteiger partial charge in [-0.2, -0.15) is 13.2 Å². The third kappa shape index (κ3) is 14.5. The van der Waals surface area contributed by atoms with Gasteiger partial charge in [-0.1, -0.05) is 32.6 Å². The number of primary amides is 1. The number of ether oxygens (including phenoxy) is 2. The van der Waals surface area contributed by atoms with Crippen LogP contribution in [0.4, 0.5) is 22.0 Å². The lowest BCUT2D eigenvalue weighted by Crippen LogP contribution is -2.16. The molecule has 2 aromatic carbocycles. The first-order valence-corrected chi connectivity index (χ1v) is 13.9. The summed E-state index contributed by atoms with van der Waals surface area (Å²) < 4.78 is 80.4. The van der Waals surface area contributed by atoms with Crippen LogP contribution in [0.3, 0.4) is 0 Å². The van der Waals surface area contributed by atoms with Crippen LogP contribution in [0.1, 0.15) is 55.4 Å². The quantitative estimate of drug-likeness (QED) is 0.132. The Labute approximate surface area is 270 Å². The summed E-state index contributed by atoms with van der Waals surface area (Å²) in [5.74, 6) is -5.68. The number of benzene rings is 2. The number of carbonyl (C=O) groups excluding carboxylic acids is 2. The number of amides is 1. The number of aliphatic imine (C=N–C) groups is 1. The Balaban J connectivity index is 0.000000984. The van der Waals surface area contributed by atoms with Crippen molar-refractivity contribution in [3.05, 3.63) is 81.9 Å². The van der Waals surface area contributed by atoms with Gasteiger partial charge in [0.1, 0.15) is 17.1 Å². The number of hydrogen-bond donors (Lipinski definition) is 2. The van der Waals surface area contributed by atoms with Gasteiger partial charge in [0.15, 0.2) is 22.8 Å². The van der Waals surface area contributed by atoms with Crippen LogP contribution >= 0.6 is 15.9 Å². The number of carbonyl (C=O) groups is 3. The third-order valence-corrected chi connectivity index (χ3v) is 5.43. The van der Waals surface area contributed by atoms with E-state index >= 15 is 0 Å². The lowest BCUT2D eigenvalue weighted by atomic mass is 10.1. The molecule has 46 heavy (non-hydrogen) atoms. The Kier molecular flexibility index (Phi) is 18.4. The van der Waals surface area contributed by atoms with E-state index in [1.165, 1.54) is 19.2 Å². The van der Waals surface area contributed by atoms with Gasteiger partial charge in [-0.3, -0.25) is 19.4 Å². The van der Waals surface area contributed by atoms with Crippen molar-refractivity contribution in [2.75, 3.05) is 14.2 Å². The van der Waals surface area contributed by atoms with Gasteiger partial charge in [0.2, 0.25) is 5.89 Å². The summed E-state index contributed by atoms with van der Waals surface area (Å²) in [5, 5.41) is 8.05. The van der Waals surface area contributed by atoms with Gasteiger partial charge in [-0.05, 0) is 52.7 Å². The monoisotopic (exact) mass is 721 g/mol. The number of allylic oxidation sites excluding steroid dienone is 1. The van der Waals surface area contributed by atoms with E-state index in [0.717, 1.165) is 29.8 Å². The van der Waals surface area contributed by atoms with Gasteiger partial charge in [0.25, 0.3) is 5.91 Å². The highest BCUT2D eigenvalue weighted by molar-refractivity contribution is 9.10. The Hall–Kier alpha value is -4.60. The molecule has 0 saturated carbocycles. The molecule has 252 valence electrons. The molecular weight excluding hydrogens is 689 g/mol. The minimum absolute atomic E-state index is 0.0453. The second-order valence-electron chi connectivity index (χ2n) is 8.40. The van der Waals surface area contributed by atoms with E-state index in [2.05, 4.69) is 37.2 Å². The van der Waals surface area contributed by atoms with Gasteiger partial charge in [0, 0.05) is 18.8 Å². The van der Waals surface area contributed by atoms with Crippen LogP contribution in [0.5, 0.6) is 5.75 Å². The summed E-state index contributed by atoms with van der Waals surface area (Å²) in [4.78, 5) is 39.0. The molecule has 0 saturated heterocycles. The zero-order valence-corrected chi connectivity index (χ0v) is 27.1. The number of carboxylic acid groups (broad SMARTS) is 1. The molecule has 1 amide bonds. The molecule has 0 aliphatic heterocycles. The second-order valence-corrected chi connectivity index (χ2v) is 9.12. The largest absolute Gasteiger partial charge is 0.481 e. The van der Waals surface area contributed by atoms with Crippen molar-refractivity contribution in [3.63, 3.8) is 0 Å². The number of methoxy groups -OCH3 is 1. The zero-order valence-electron chi connectivity index (χ0n) is 25.5. The number of esters is 1. The zero-order chi connectivity index (χ0) is 35.6. The highest BCUT2D eigenvalue weighted by Crippen LogP contribution is 2.33. The molecule has 0 atom stereocenters. The molecular formula is C30H33BrF5N3O7. The second kappa shape index (κ2) is 20.4. The first kappa shape index (κ1) is 41.4. The van der Waals surface area contributed by atoms with Crippen LogP contribution in [0.2, 0.25) is 0 Å². The topological polar surface area (TPSA) is 154 Å². The fourth-order valence-electron chi connectivity index (χ4n) is 2.94. The van der Waals surface area contributed by atoms with E-state index < -0.39 is 59.1 Å². The molecule has 3 aromatic rings. The fraction of sp³-hybridized carbons (Fsp3) is 0.300. The van der Waals surface area contributed by atoms with Crippen molar-refractivity contribution in [1.82, 2.24) is 4.98 Å². The Morgan fingerprint density at radius 2 is 1.70 bits per heavy atom. The van der Waals surface area contributed by atoms with Crippen LogP contribution in [0, 0.1) is 11.6 Å². The van der Waals surface area contributed by atoms with Gasteiger partial charge in [-0.25, -0.2) is 13.8 Å². The molecule has 1 heterocycles. The molecule has 0 radical (unpaired) electrons. The standard InChI is InChI=1S/C18H10BrF5N2O3.C5H9N.C5H8O4.C2H6/c19-16-15(8-1-3-9(4-2-8)18(22,23)24)26-12(29-16)7-28-11-6-5-10(20)13(14(11)21)17(25)27;1-5(2)4-6-3;1-9-5(8)3-2-4(6)7;1-2/h1-6H,7H2,(H2,25,27);4H,1H2,2-3H3;2-3H2,1H3,(H,6,7);1-2H3. The van der Waals surface area contributed by atoms with Crippen molar-refractivity contribution in [3.8, 4) is 17.0 Å². The molecule has 0 aliphatic carbocycles. The van der Waals surface area contributed by atoms with Crippen LogP contribution in [0.25, 0.3) is 11.3 Å². The summed E-state index contributed by atoms with van der Waals surface area (Å²) in [6.45, 7) is 9.10. The van der Waals surface area contributed by atoms with Crippen LogP contribution in [0.15, 0.2) is 62.6 Å². The molecule has 0 spiro atoms. The molecule has 1 aromatic heterocycles. The number of oxazole rings is 1. The normalized spacial score (nSPS) is 10.3. The van der Waals surface area contributed by atoms with Gasteiger partial charge < -0.3 is 24.7 Å². The van der Waals surface area contributed by atoms with E-state index in [9.17, 15) is 36.3 Å². The summed E-state index contributed by atoms with van der Waals surface area (Å²) in [5.41, 5.74) is 4.71. The van der Waals surface area contributed by atoms with E-state index in [1.54, 1.807) is 13.3 Å². The summed E-state index contributed by atoms with van der Waals surface area (Å²) in [6, 6.07) is 6.00. The third-order valence-electron chi connectivity index (χ3n) is 4.89. The number of halogens is 6. The number of hydrogen-bond acceptors (Lipinski definition) is 8. The predicted octanol–water partition coefficient (Wildman–Crippen LogP) is 7.39. The van der Waals surface area contributed by atoms with E-state index in [4.69, 9.17) is 20.0 Å². The molecule has 0 fully saturated rings. The number of nitrogens with zero attached hydrogens (tertiary/aromatic N) is 2. The number of aliphatic carboxylic acids is 1. The summed E-state index contributed by atoms with van der Waals surface area (Å²) >= 11 is 3.10. The maximum absolute atomic E-state index is 14.2. The Morgan fingerprint density at radius 1 is 1.11 bits per heavy atom. The maximum atomic E-state index is 14.2. The highest BCUT2D eigenvalue weighted by atomic mass is 79.9. The fourth-order valence-corrected chi connectivity index (χ4v) is 3.45. The number of alkyl halides is 3. The maximum Gasteiger partial charge on any atom is 0.416 e. The van der Waals surface area contributed by atoms with E-state index in [1.807, 2.05) is 20.8 Å². The predicted molar refractivity (Wildman–Crippen MR) is 163 cm³/mol. The highest BCUT2D eigenvalue weighted by Gasteiger charge is 2.30. The average Bonchev–Trinajstić information content (AvgIpc) is 3.36. The van der Waals surface area contributed by atoms with Crippen LogP contribution in [-0.2, 0) is 27.1 Å². The SMILES string of the molecule is C=C(C)C=NC.CC.COC(=O)CCC(=O)O.NC(=O)c1c(F)ccc(OCc2nc(-c3ccc(C(F)(F)F)cc3)c(Br)o2)c1F. The molecule has 0 aliphatic rings. The summed E-state index contributed by atoms with van der Waals surface area (Å²) in [7, 11) is 2.96. The number of nitrogens with two attached hydrogens (primary N) is 1. The Morgan fingerprint density at radius 3 is 2.13 bits per heavy atom. The van der Waals surface area contributed by atoms with Crippen molar-refractivity contribution in [2.45, 2.75) is 46.4 Å². The summed E-state index contributed by atoms with van der Waals surface area (Å²) in [6.07, 6.45) is -2.96. The first-order valence-electron chi connectivity index (χ1n) is 13.1. The first-order chi connectivity index (χ1) is 21.5. The van der Waals surface area contributed by atoms with Crippen molar-refractivity contribution < 1.29 is 55.3 Å². The minimum Gasteiger partial charge on any atom is -0.481 e. The van der Waals surface area contributed by atoms with Gasteiger partial charge >= 0.3 is 18.1 Å². The molecule has 0 unspecified atom stereocenters. The number of aromatic nitrogens is 1. The van der Waals surface area contributed by atoms with Crippen LogP contribution in [-0.4, -0.2) is 48.3 Å². The van der Waals surface area contributed by atoms with Crippen LogP contribution < -0.4 is 10.5 Å². The minimum atomic E-state index is -4.47. The Bertz CT molecular complexity index is 1490. The van der Waals surface area contributed by atoms with Crippen molar-refractivity contribution >= 4 is 40.0 Å². The molecule has 3 rings (SSSR count). The lowest BCUT2D eigenvalue weighted by molar-refractivity contribution is -0.145. The average molecular weight is 723 g/mol. The van der Waals surface area contributed by atoms with E-state index in [0.29, 0.717) is 5.56 Å². The van der Waals surface area contributed by atoms with Gasteiger partial charge in [-0.15, -0.1) is 0 Å². The smallest absolute Gasteiger partial charge is 0.416 e.